The maximum Gasteiger partial charge on any atom is 0.357 e. The molecule has 0 aliphatic heterocycles. The largest absolute Gasteiger partial charge is 0.461 e. The topological polar surface area (TPSA) is 64.3 Å². The third-order valence-electron chi connectivity index (χ3n) is 2.87. The van der Waals surface area contributed by atoms with Gasteiger partial charge in [-0.1, -0.05) is 13.8 Å². The van der Waals surface area contributed by atoms with Gasteiger partial charge in [0.2, 0.25) is 0 Å². The zero-order valence-electron chi connectivity index (χ0n) is 12.5. The van der Waals surface area contributed by atoms with E-state index in [4.69, 9.17) is 4.74 Å². The molecule has 0 aliphatic carbocycles. The number of hydrogen-bond acceptors (Lipinski definition) is 4. The van der Waals surface area contributed by atoms with Crippen LogP contribution < -0.4 is 0 Å². The number of rotatable bonds is 6. The van der Waals surface area contributed by atoms with Crippen LogP contribution in [0.4, 0.5) is 0 Å². The first kappa shape index (κ1) is 15.7. The van der Waals surface area contributed by atoms with E-state index in [0.717, 1.165) is 25.1 Å². The highest BCUT2D eigenvalue weighted by Crippen LogP contribution is 2.24. The van der Waals surface area contributed by atoms with E-state index in [1.807, 2.05) is 13.8 Å². The molecule has 5 nitrogen and oxygen atoms in total. The third-order valence-corrected chi connectivity index (χ3v) is 2.87. The van der Waals surface area contributed by atoms with Crippen LogP contribution in [0.25, 0.3) is 0 Å². The molecule has 1 rings (SSSR count). The van der Waals surface area contributed by atoms with Gasteiger partial charge in [-0.3, -0.25) is 0 Å². The molecule has 108 valence electrons. The van der Waals surface area contributed by atoms with Crippen molar-refractivity contribution in [1.29, 1.82) is 0 Å². The van der Waals surface area contributed by atoms with Crippen molar-refractivity contribution in [3.05, 3.63) is 17.2 Å². The molecule has 0 fully saturated rings. The molecule has 0 atom stereocenters. The number of ether oxygens (including phenoxy) is 1. The van der Waals surface area contributed by atoms with Gasteiger partial charge in [-0.05, 0) is 26.7 Å². The summed E-state index contributed by atoms with van der Waals surface area (Å²) in [5.74, 6) is 0.374. The van der Waals surface area contributed by atoms with E-state index >= 15 is 0 Å². The van der Waals surface area contributed by atoms with E-state index in [0.29, 0.717) is 18.0 Å². The number of aryl methyl sites for hydroxylation is 1. The number of aromatic nitrogens is 2. The van der Waals surface area contributed by atoms with E-state index in [-0.39, 0.29) is 0 Å². The lowest BCUT2D eigenvalue weighted by Gasteiger charge is -2.16. The molecule has 1 aromatic rings. The Morgan fingerprint density at radius 1 is 1.37 bits per heavy atom. The van der Waals surface area contributed by atoms with Gasteiger partial charge in [-0.25, -0.2) is 9.78 Å². The zero-order chi connectivity index (χ0) is 14.6. The lowest BCUT2D eigenvalue weighted by molar-refractivity contribution is 0.0451. The summed E-state index contributed by atoms with van der Waals surface area (Å²) < 4.78 is 6.91. The Balaban J connectivity index is 3.22. The molecular weight excluding hydrogens is 244 g/mol. The fourth-order valence-electron chi connectivity index (χ4n) is 1.92. The van der Waals surface area contributed by atoms with Crippen molar-refractivity contribution in [2.75, 3.05) is 6.61 Å². The van der Waals surface area contributed by atoms with Crippen molar-refractivity contribution in [2.45, 2.75) is 52.6 Å². The highest BCUT2D eigenvalue weighted by atomic mass is 16.5. The van der Waals surface area contributed by atoms with Gasteiger partial charge in [0, 0.05) is 13.5 Å². The monoisotopic (exact) mass is 268 g/mol. The molecule has 0 amide bonds. The standard InChI is InChI=1S/C14H24N2O3/c1-6-8-10-15-12(14(3,4)18)11(16(10)5)13(17)19-9-7-2/h18H,6-9H2,1-5H3. The van der Waals surface area contributed by atoms with Gasteiger partial charge in [0.05, 0.1) is 6.61 Å². The highest BCUT2D eigenvalue weighted by Gasteiger charge is 2.31. The van der Waals surface area contributed by atoms with Gasteiger partial charge < -0.3 is 14.4 Å². The first-order valence-corrected chi connectivity index (χ1v) is 6.78. The van der Waals surface area contributed by atoms with E-state index < -0.39 is 11.6 Å². The third kappa shape index (κ3) is 3.56. The van der Waals surface area contributed by atoms with Crippen molar-refractivity contribution in [3.8, 4) is 0 Å². The molecule has 1 aromatic heterocycles. The minimum atomic E-state index is -1.16. The Morgan fingerprint density at radius 3 is 2.47 bits per heavy atom. The molecule has 0 saturated heterocycles. The Kier molecular flexibility index (Phi) is 5.11. The average Bonchev–Trinajstić information content (AvgIpc) is 2.64. The second kappa shape index (κ2) is 6.19. The number of imidazole rings is 1. The first-order chi connectivity index (χ1) is 8.82. The summed E-state index contributed by atoms with van der Waals surface area (Å²) in [7, 11) is 1.79. The van der Waals surface area contributed by atoms with Crippen LogP contribution in [-0.4, -0.2) is 27.2 Å². The van der Waals surface area contributed by atoms with Gasteiger partial charge in [-0.2, -0.15) is 0 Å². The van der Waals surface area contributed by atoms with Crippen LogP contribution in [0.2, 0.25) is 0 Å². The summed E-state index contributed by atoms with van der Waals surface area (Å²) in [4.78, 5) is 16.5. The minimum absolute atomic E-state index is 0.351. The molecule has 0 saturated carbocycles. The van der Waals surface area contributed by atoms with E-state index in [1.165, 1.54) is 0 Å². The Labute approximate surface area is 114 Å². The van der Waals surface area contributed by atoms with Crippen molar-refractivity contribution >= 4 is 5.97 Å². The van der Waals surface area contributed by atoms with Crippen molar-refractivity contribution < 1.29 is 14.6 Å². The summed E-state index contributed by atoms with van der Waals surface area (Å²) in [5.41, 5.74) is -0.423. The Bertz CT molecular complexity index is 444. The second-order valence-electron chi connectivity index (χ2n) is 5.23. The van der Waals surface area contributed by atoms with Crippen molar-refractivity contribution in [1.82, 2.24) is 9.55 Å². The molecule has 0 radical (unpaired) electrons. The number of carbonyl (C=O) groups excluding carboxylic acids is 1. The molecule has 1 N–H and O–H groups in total. The molecule has 0 bridgehead atoms. The van der Waals surface area contributed by atoms with E-state index in [2.05, 4.69) is 4.98 Å². The lowest BCUT2D eigenvalue weighted by Crippen LogP contribution is -2.22. The summed E-state index contributed by atoms with van der Waals surface area (Å²) in [6, 6.07) is 0. The maximum absolute atomic E-state index is 12.1. The van der Waals surface area contributed by atoms with Gasteiger partial charge >= 0.3 is 5.97 Å². The van der Waals surface area contributed by atoms with Gasteiger partial charge in [0.25, 0.3) is 0 Å². The number of nitrogens with zero attached hydrogens (tertiary/aromatic N) is 2. The zero-order valence-corrected chi connectivity index (χ0v) is 12.5. The summed E-state index contributed by atoms with van der Waals surface area (Å²) in [6.07, 6.45) is 2.46. The minimum Gasteiger partial charge on any atom is -0.461 e. The van der Waals surface area contributed by atoms with Crippen LogP contribution in [0.1, 0.15) is 62.5 Å². The fourth-order valence-corrected chi connectivity index (χ4v) is 1.92. The normalized spacial score (nSPS) is 11.7. The van der Waals surface area contributed by atoms with Crippen LogP contribution in [0, 0.1) is 0 Å². The molecular formula is C14H24N2O3. The van der Waals surface area contributed by atoms with Crippen LogP contribution >= 0.6 is 0 Å². The maximum atomic E-state index is 12.1. The molecule has 1 heterocycles. The van der Waals surface area contributed by atoms with Crippen LogP contribution in [0.3, 0.4) is 0 Å². The van der Waals surface area contributed by atoms with Crippen LogP contribution in [0.15, 0.2) is 0 Å². The second-order valence-corrected chi connectivity index (χ2v) is 5.23. The number of esters is 1. The number of hydrogen-bond donors (Lipinski definition) is 1. The number of carbonyl (C=O) groups is 1. The van der Waals surface area contributed by atoms with Gasteiger partial charge in [0.15, 0.2) is 5.69 Å². The van der Waals surface area contributed by atoms with Crippen LogP contribution in [-0.2, 0) is 23.8 Å². The summed E-state index contributed by atoms with van der Waals surface area (Å²) in [5, 5.41) is 10.2. The van der Waals surface area contributed by atoms with Crippen molar-refractivity contribution in [3.63, 3.8) is 0 Å². The Hall–Kier alpha value is -1.36. The van der Waals surface area contributed by atoms with Gasteiger partial charge in [0.1, 0.15) is 17.1 Å². The van der Waals surface area contributed by atoms with E-state index in [9.17, 15) is 9.90 Å². The average molecular weight is 268 g/mol. The quantitative estimate of drug-likeness (QED) is 0.803. The lowest BCUT2D eigenvalue weighted by atomic mass is 10.0. The van der Waals surface area contributed by atoms with Gasteiger partial charge in [-0.15, -0.1) is 0 Å². The predicted octanol–water partition coefficient (Wildman–Crippen LogP) is 2.17. The van der Waals surface area contributed by atoms with E-state index in [1.54, 1.807) is 25.5 Å². The summed E-state index contributed by atoms with van der Waals surface area (Å²) in [6.45, 7) is 7.62. The van der Waals surface area contributed by atoms with Crippen LogP contribution in [0.5, 0.6) is 0 Å². The molecule has 0 spiro atoms. The molecule has 19 heavy (non-hydrogen) atoms. The molecule has 5 heteroatoms. The molecule has 0 aromatic carbocycles. The molecule has 0 aliphatic rings. The highest BCUT2D eigenvalue weighted by molar-refractivity contribution is 5.89. The first-order valence-electron chi connectivity index (χ1n) is 6.78. The number of aliphatic hydroxyl groups is 1. The fraction of sp³-hybridized carbons (Fsp3) is 0.714. The van der Waals surface area contributed by atoms with Crippen molar-refractivity contribution in [2.24, 2.45) is 7.05 Å². The SMILES string of the molecule is CCCOC(=O)c1c(C(C)(C)O)nc(CCC)n1C. The molecule has 0 unspecified atom stereocenters. The summed E-state index contributed by atoms with van der Waals surface area (Å²) >= 11 is 0. The predicted molar refractivity (Wildman–Crippen MR) is 73.0 cm³/mol. The smallest absolute Gasteiger partial charge is 0.357 e. The Morgan fingerprint density at radius 2 is 2.00 bits per heavy atom.